The van der Waals surface area contributed by atoms with Crippen LogP contribution in [0.25, 0.3) is 0 Å². The zero-order chi connectivity index (χ0) is 17.6. The van der Waals surface area contributed by atoms with Crippen LogP contribution in [-0.4, -0.2) is 44.9 Å². The molecule has 2 heterocycles. The third-order valence-corrected chi connectivity index (χ3v) is 4.54. The highest BCUT2D eigenvalue weighted by atomic mass is 16.5. The van der Waals surface area contributed by atoms with Crippen molar-refractivity contribution in [1.29, 1.82) is 0 Å². The summed E-state index contributed by atoms with van der Waals surface area (Å²) in [6.07, 6.45) is 6.92. The minimum atomic E-state index is 0.0719. The predicted molar refractivity (Wildman–Crippen MR) is 94.0 cm³/mol. The van der Waals surface area contributed by atoms with Crippen LogP contribution < -0.4 is 0 Å². The fourth-order valence-electron chi connectivity index (χ4n) is 3.15. The van der Waals surface area contributed by atoms with E-state index in [1.54, 1.807) is 27.9 Å². The van der Waals surface area contributed by atoms with Crippen molar-refractivity contribution in [2.45, 2.75) is 38.3 Å². The highest BCUT2D eigenvalue weighted by Crippen LogP contribution is 2.21. The molecule has 1 amide bonds. The number of ether oxygens (including phenoxy) is 1. The van der Waals surface area contributed by atoms with Crippen molar-refractivity contribution in [1.82, 2.24) is 14.7 Å². The van der Waals surface area contributed by atoms with Gasteiger partial charge in [-0.05, 0) is 30.9 Å². The van der Waals surface area contributed by atoms with E-state index in [0.717, 1.165) is 30.6 Å². The van der Waals surface area contributed by atoms with Gasteiger partial charge >= 0.3 is 0 Å². The minimum absolute atomic E-state index is 0.0719. The van der Waals surface area contributed by atoms with E-state index in [4.69, 9.17) is 4.74 Å². The van der Waals surface area contributed by atoms with Crippen LogP contribution in [0, 0.1) is 0 Å². The molecule has 6 heteroatoms. The van der Waals surface area contributed by atoms with E-state index >= 15 is 0 Å². The summed E-state index contributed by atoms with van der Waals surface area (Å²) in [5.74, 6) is 0.294. The number of phenols is 1. The molecule has 1 aromatic heterocycles. The molecule has 0 saturated carbocycles. The van der Waals surface area contributed by atoms with Crippen LogP contribution >= 0.6 is 0 Å². The van der Waals surface area contributed by atoms with Crippen molar-refractivity contribution in [3.8, 4) is 5.75 Å². The summed E-state index contributed by atoms with van der Waals surface area (Å²) < 4.78 is 7.44. The SMILES string of the molecule is Cn1cc(CCC(=O)N(Cc2ccccc2O)C[C@H]2CCCO2)cn1. The molecule has 1 fully saturated rings. The standard InChI is InChI=1S/C19H25N3O3/c1-21-12-15(11-20-21)8-9-19(24)22(14-17-6-4-10-25-17)13-16-5-2-3-7-18(16)23/h2-3,5,7,11-12,17,23H,4,6,8-10,13-14H2,1H3/t17-/m1/s1. The number of hydrogen-bond acceptors (Lipinski definition) is 4. The molecular weight excluding hydrogens is 318 g/mol. The lowest BCUT2D eigenvalue weighted by molar-refractivity contribution is -0.133. The molecule has 1 aliphatic heterocycles. The third-order valence-electron chi connectivity index (χ3n) is 4.54. The Hall–Kier alpha value is -2.34. The summed E-state index contributed by atoms with van der Waals surface area (Å²) in [4.78, 5) is 14.6. The molecule has 3 rings (SSSR count). The first-order chi connectivity index (χ1) is 12.1. The van der Waals surface area contributed by atoms with Crippen molar-refractivity contribution in [2.75, 3.05) is 13.2 Å². The molecule has 1 N–H and O–H groups in total. The molecule has 1 saturated heterocycles. The lowest BCUT2D eigenvalue weighted by Crippen LogP contribution is -2.37. The van der Waals surface area contributed by atoms with Crippen LogP contribution in [0.2, 0.25) is 0 Å². The summed E-state index contributed by atoms with van der Waals surface area (Å²) in [7, 11) is 1.87. The number of amides is 1. The van der Waals surface area contributed by atoms with Gasteiger partial charge in [-0.3, -0.25) is 9.48 Å². The molecule has 1 aliphatic rings. The van der Waals surface area contributed by atoms with Crippen molar-refractivity contribution < 1.29 is 14.6 Å². The monoisotopic (exact) mass is 343 g/mol. The summed E-state index contributed by atoms with van der Waals surface area (Å²) in [5, 5.41) is 14.2. The number of nitrogens with zero attached hydrogens (tertiary/aromatic N) is 3. The zero-order valence-corrected chi connectivity index (χ0v) is 14.6. The predicted octanol–water partition coefficient (Wildman–Crippen LogP) is 2.27. The van der Waals surface area contributed by atoms with Gasteiger partial charge in [-0.25, -0.2) is 0 Å². The van der Waals surface area contributed by atoms with E-state index in [9.17, 15) is 9.90 Å². The molecule has 0 bridgehead atoms. The van der Waals surface area contributed by atoms with E-state index < -0.39 is 0 Å². The van der Waals surface area contributed by atoms with E-state index in [2.05, 4.69) is 5.10 Å². The van der Waals surface area contributed by atoms with Gasteiger partial charge < -0.3 is 14.7 Å². The maximum Gasteiger partial charge on any atom is 0.223 e. The van der Waals surface area contributed by atoms with Gasteiger partial charge in [0.1, 0.15) is 5.75 Å². The Morgan fingerprint density at radius 2 is 2.28 bits per heavy atom. The van der Waals surface area contributed by atoms with Gasteiger partial charge in [-0.15, -0.1) is 0 Å². The van der Waals surface area contributed by atoms with Gasteiger partial charge in [-0.2, -0.15) is 5.10 Å². The van der Waals surface area contributed by atoms with Crippen molar-refractivity contribution in [3.63, 3.8) is 0 Å². The minimum Gasteiger partial charge on any atom is -0.508 e. The Morgan fingerprint density at radius 1 is 1.44 bits per heavy atom. The summed E-state index contributed by atoms with van der Waals surface area (Å²) in [6.45, 7) is 1.73. The average Bonchev–Trinajstić information content (AvgIpc) is 3.25. The summed E-state index contributed by atoms with van der Waals surface area (Å²) in [6, 6.07) is 7.17. The van der Waals surface area contributed by atoms with Crippen LogP contribution in [-0.2, 0) is 29.5 Å². The lowest BCUT2D eigenvalue weighted by Gasteiger charge is -2.26. The van der Waals surface area contributed by atoms with Gasteiger partial charge in [0, 0.05) is 44.9 Å². The second-order valence-corrected chi connectivity index (χ2v) is 6.56. The van der Waals surface area contributed by atoms with E-state index in [0.29, 0.717) is 25.9 Å². The Bertz CT molecular complexity index is 707. The lowest BCUT2D eigenvalue weighted by atomic mass is 10.1. The molecule has 25 heavy (non-hydrogen) atoms. The van der Waals surface area contributed by atoms with Gasteiger partial charge in [-0.1, -0.05) is 18.2 Å². The molecule has 0 radical (unpaired) electrons. The first kappa shape index (κ1) is 17.5. The molecule has 2 aromatic rings. The molecule has 6 nitrogen and oxygen atoms in total. The van der Waals surface area contributed by atoms with Crippen molar-refractivity contribution in [3.05, 3.63) is 47.8 Å². The Kier molecular flexibility index (Phi) is 5.71. The topological polar surface area (TPSA) is 67.6 Å². The smallest absolute Gasteiger partial charge is 0.223 e. The fraction of sp³-hybridized carbons (Fsp3) is 0.474. The van der Waals surface area contributed by atoms with Gasteiger partial charge in [0.15, 0.2) is 0 Å². The first-order valence-electron chi connectivity index (χ1n) is 8.75. The maximum atomic E-state index is 12.8. The molecule has 0 spiro atoms. The number of hydrogen-bond donors (Lipinski definition) is 1. The van der Waals surface area contributed by atoms with Crippen LogP contribution in [0.3, 0.4) is 0 Å². The van der Waals surface area contributed by atoms with Gasteiger partial charge in [0.05, 0.1) is 12.3 Å². The van der Waals surface area contributed by atoms with Crippen LogP contribution in [0.1, 0.15) is 30.4 Å². The number of aryl methyl sites for hydroxylation is 2. The Balaban J connectivity index is 1.65. The maximum absolute atomic E-state index is 12.8. The first-order valence-corrected chi connectivity index (χ1v) is 8.75. The van der Waals surface area contributed by atoms with E-state index in [-0.39, 0.29) is 17.8 Å². The second-order valence-electron chi connectivity index (χ2n) is 6.56. The molecular formula is C19H25N3O3. The van der Waals surface area contributed by atoms with E-state index in [1.807, 2.05) is 25.4 Å². The highest BCUT2D eigenvalue weighted by Gasteiger charge is 2.23. The normalized spacial score (nSPS) is 16.9. The summed E-state index contributed by atoms with van der Waals surface area (Å²) in [5.41, 5.74) is 1.81. The number of rotatable bonds is 7. The second kappa shape index (κ2) is 8.16. The third kappa shape index (κ3) is 4.82. The zero-order valence-electron chi connectivity index (χ0n) is 14.6. The average molecular weight is 343 g/mol. The van der Waals surface area contributed by atoms with Crippen molar-refractivity contribution >= 4 is 5.91 Å². The number of phenolic OH excluding ortho intramolecular Hbond substituents is 1. The van der Waals surface area contributed by atoms with Gasteiger partial charge in [0.25, 0.3) is 0 Å². The number of carbonyl (C=O) groups excluding carboxylic acids is 1. The highest BCUT2D eigenvalue weighted by molar-refractivity contribution is 5.76. The molecule has 1 atom stereocenters. The van der Waals surface area contributed by atoms with E-state index in [1.165, 1.54) is 0 Å². The molecule has 1 aromatic carbocycles. The van der Waals surface area contributed by atoms with Gasteiger partial charge in [0.2, 0.25) is 5.91 Å². The number of benzene rings is 1. The van der Waals surface area contributed by atoms with Crippen molar-refractivity contribution in [2.24, 2.45) is 7.05 Å². The Morgan fingerprint density at radius 3 is 2.96 bits per heavy atom. The quantitative estimate of drug-likeness (QED) is 0.837. The summed E-state index contributed by atoms with van der Waals surface area (Å²) >= 11 is 0. The molecule has 0 aliphatic carbocycles. The number of carbonyl (C=O) groups is 1. The fourth-order valence-corrected chi connectivity index (χ4v) is 3.15. The number of para-hydroxylation sites is 1. The molecule has 134 valence electrons. The van der Waals surface area contributed by atoms with Crippen LogP contribution in [0.15, 0.2) is 36.7 Å². The largest absolute Gasteiger partial charge is 0.508 e. The van der Waals surface area contributed by atoms with Crippen LogP contribution in [0.5, 0.6) is 5.75 Å². The molecule has 0 unspecified atom stereocenters. The number of aromatic hydroxyl groups is 1. The number of aromatic nitrogens is 2. The van der Waals surface area contributed by atoms with Crippen LogP contribution in [0.4, 0.5) is 0 Å². The Labute approximate surface area is 148 Å².